The van der Waals surface area contributed by atoms with E-state index in [1.165, 1.54) is 89.9 Å². The molecule has 19 heteroatoms. The summed E-state index contributed by atoms with van der Waals surface area (Å²) in [5, 5.41) is 10.5. The number of hydrogen-bond donors (Lipinski definition) is 3. The predicted octanol–water partition coefficient (Wildman–Crippen LogP) is 17.0. The van der Waals surface area contributed by atoms with Gasteiger partial charge in [0.2, 0.25) is 0 Å². The number of esters is 4. The number of unbranched alkanes of at least 4 members (excludes halogenated alkanes) is 23. The molecule has 0 aliphatic rings. The Bertz CT molecular complexity index is 1650. The average molecular weight is 1210 g/mol. The van der Waals surface area contributed by atoms with E-state index in [0.717, 1.165) is 120 Å². The molecule has 0 aromatic heterocycles. The Morgan fingerprint density at radius 2 is 0.585 bits per heavy atom. The van der Waals surface area contributed by atoms with Gasteiger partial charge in [-0.15, -0.1) is 0 Å². The lowest BCUT2D eigenvalue weighted by Gasteiger charge is -2.21. The molecule has 0 saturated heterocycles. The molecule has 486 valence electrons. The standard InChI is InChI=1S/C63H122O17P2/c1-9-54(6)40-32-24-16-12-13-17-29-37-45-62(67)79-58(49-73-60(65)43-35-27-18-14-15-23-31-39-53(4)5)51-77-81(69,70)75-47-57(64)48-76-82(71,72)78-52-59(80-63(68)46-38-30-22-20-26-34-42-56(8)11-3)50-74-61(66)44-36-28-21-19-25-33-41-55(7)10-2/h53-59,64H,9-52H2,1-8H3,(H,69,70)(H,71,72)/t54?,55?,56?,57-,58-,59-/m1/s1. The van der Waals surface area contributed by atoms with Crippen molar-refractivity contribution < 1.29 is 80.2 Å². The van der Waals surface area contributed by atoms with Gasteiger partial charge >= 0.3 is 39.5 Å². The summed E-state index contributed by atoms with van der Waals surface area (Å²) in [5.41, 5.74) is 0. The van der Waals surface area contributed by atoms with Crippen molar-refractivity contribution in [1.82, 2.24) is 0 Å². The maximum Gasteiger partial charge on any atom is 0.472 e. The largest absolute Gasteiger partial charge is 0.472 e. The van der Waals surface area contributed by atoms with Crippen molar-refractivity contribution in [1.29, 1.82) is 0 Å². The fourth-order valence-corrected chi connectivity index (χ4v) is 10.7. The van der Waals surface area contributed by atoms with Gasteiger partial charge in [0, 0.05) is 25.7 Å². The highest BCUT2D eigenvalue weighted by Crippen LogP contribution is 2.45. The summed E-state index contributed by atoms with van der Waals surface area (Å²) in [5.74, 6) is 0.781. The number of carbonyl (C=O) groups excluding carboxylic acids is 4. The van der Waals surface area contributed by atoms with Crippen molar-refractivity contribution in [3.8, 4) is 0 Å². The van der Waals surface area contributed by atoms with Crippen molar-refractivity contribution in [2.45, 2.75) is 318 Å². The van der Waals surface area contributed by atoms with Crippen LogP contribution in [0.25, 0.3) is 0 Å². The van der Waals surface area contributed by atoms with Crippen molar-refractivity contribution in [2.75, 3.05) is 39.6 Å². The molecule has 0 aromatic rings. The second kappa shape index (κ2) is 53.3. The smallest absolute Gasteiger partial charge is 0.462 e. The minimum absolute atomic E-state index is 0.101. The van der Waals surface area contributed by atoms with Crippen LogP contribution in [-0.4, -0.2) is 96.7 Å². The van der Waals surface area contributed by atoms with Crippen LogP contribution in [0.15, 0.2) is 0 Å². The lowest BCUT2D eigenvalue weighted by atomic mass is 9.99. The number of phosphoric ester groups is 2. The zero-order chi connectivity index (χ0) is 61.1. The molecule has 0 radical (unpaired) electrons. The normalized spacial score (nSPS) is 15.5. The fourth-order valence-electron chi connectivity index (χ4n) is 9.16. The molecular formula is C63H122O17P2. The Balaban J connectivity index is 5.27. The van der Waals surface area contributed by atoms with Gasteiger partial charge in [0.05, 0.1) is 26.4 Å². The molecule has 0 aliphatic carbocycles. The van der Waals surface area contributed by atoms with Crippen molar-refractivity contribution in [3.05, 3.63) is 0 Å². The first-order valence-electron chi connectivity index (χ1n) is 32.8. The van der Waals surface area contributed by atoms with Crippen LogP contribution in [0.3, 0.4) is 0 Å². The lowest BCUT2D eigenvalue weighted by Crippen LogP contribution is -2.30. The van der Waals surface area contributed by atoms with Gasteiger partial charge < -0.3 is 33.8 Å². The predicted molar refractivity (Wildman–Crippen MR) is 326 cm³/mol. The molecule has 8 atom stereocenters. The van der Waals surface area contributed by atoms with Crippen molar-refractivity contribution in [3.63, 3.8) is 0 Å². The highest BCUT2D eigenvalue weighted by atomic mass is 31.2. The number of ether oxygens (including phenoxy) is 4. The van der Waals surface area contributed by atoms with Gasteiger partial charge in [-0.3, -0.25) is 37.3 Å². The van der Waals surface area contributed by atoms with Gasteiger partial charge in [-0.2, -0.15) is 0 Å². The monoisotopic (exact) mass is 1210 g/mol. The summed E-state index contributed by atoms with van der Waals surface area (Å²) in [6.07, 6.45) is 32.2. The zero-order valence-electron chi connectivity index (χ0n) is 53.1. The van der Waals surface area contributed by atoms with E-state index >= 15 is 0 Å². The SMILES string of the molecule is CCC(C)CCCCCCCCCCC(=O)O[C@H](COC(=O)CCCCCCCCCC(C)C)COP(=O)(O)OC[C@@H](O)COP(=O)(O)OC[C@@H](COC(=O)CCCCCCCCC(C)CC)OC(=O)CCCCCCCCC(C)CC. The van der Waals surface area contributed by atoms with Crippen LogP contribution in [-0.2, 0) is 65.4 Å². The van der Waals surface area contributed by atoms with E-state index < -0.39 is 97.5 Å². The van der Waals surface area contributed by atoms with E-state index in [9.17, 15) is 43.2 Å². The molecule has 0 bridgehead atoms. The van der Waals surface area contributed by atoms with Gasteiger partial charge in [0.15, 0.2) is 12.2 Å². The zero-order valence-corrected chi connectivity index (χ0v) is 54.9. The summed E-state index contributed by atoms with van der Waals surface area (Å²) >= 11 is 0. The molecule has 17 nitrogen and oxygen atoms in total. The van der Waals surface area contributed by atoms with E-state index in [0.29, 0.717) is 31.6 Å². The summed E-state index contributed by atoms with van der Waals surface area (Å²) in [6.45, 7) is 13.9. The molecule has 0 amide bonds. The number of hydrogen-bond acceptors (Lipinski definition) is 15. The lowest BCUT2D eigenvalue weighted by molar-refractivity contribution is -0.161. The van der Waals surface area contributed by atoms with Gasteiger partial charge in [0.1, 0.15) is 19.3 Å². The third-order valence-electron chi connectivity index (χ3n) is 15.4. The van der Waals surface area contributed by atoms with Gasteiger partial charge in [0.25, 0.3) is 0 Å². The number of aliphatic hydroxyl groups excluding tert-OH is 1. The molecule has 0 aromatic carbocycles. The van der Waals surface area contributed by atoms with E-state index in [2.05, 4.69) is 55.4 Å². The van der Waals surface area contributed by atoms with E-state index in [1.54, 1.807) is 0 Å². The summed E-state index contributed by atoms with van der Waals surface area (Å²) in [6, 6.07) is 0. The third kappa shape index (κ3) is 53.5. The first-order valence-corrected chi connectivity index (χ1v) is 35.8. The van der Waals surface area contributed by atoms with Crippen LogP contribution < -0.4 is 0 Å². The maximum atomic E-state index is 13.0. The Morgan fingerprint density at radius 3 is 0.866 bits per heavy atom. The molecular weight excluding hydrogens is 1090 g/mol. The van der Waals surface area contributed by atoms with Crippen LogP contribution in [0.5, 0.6) is 0 Å². The van der Waals surface area contributed by atoms with E-state index in [-0.39, 0.29) is 25.7 Å². The minimum Gasteiger partial charge on any atom is -0.462 e. The fraction of sp³-hybridized carbons (Fsp3) is 0.937. The van der Waals surface area contributed by atoms with Crippen LogP contribution in [0.1, 0.15) is 299 Å². The summed E-state index contributed by atoms with van der Waals surface area (Å²) < 4.78 is 67.9. The first kappa shape index (κ1) is 80.1. The summed E-state index contributed by atoms with van der Waals surface area (Å²) in [7, 11) is -9.89. The van der Waals surface area contributed by atoms with Gasteiger partial charge in [-0.05, 0) is 49.4 Å². The highest BCUT2D eigenvalue weighted by molar-refractivity contribution is 7.47. The van der Waals surface area contributed by atoms with Crippen molar-refractivity contribution in [2.24, 2.45) is 23.7 Å². The highest BCUT2D eigenvalue weighted by Gasteiger charge is 2.30. The molecule has 0 fully saturated rings. The van der Waals surface area contributed by atoms with Gasteiger partial charge in [-0.25, -0.2) is 9.13 Å². The summed E-state index contributed by atoms with van der Waals surface area (Å²) in [4.78, 5) is 72.1. The topological polar surface area (TPSA) is 237 Å². The molecule has 0 heterocycles. The second-order valence-corrected chi connectivity index (χ2v) is 26.9. The van der Waals surface area contributed by atoms with Crippen LogP contribution in [0.4, 0.5) is 0 Å². The number of phosphoric acid groups is 2. The number of carbonyl (C=O) groups is 4. The first-order chi connectivity index (χ1) is 39.2. The molecule has 3 N–H and O–H groups in total. The van der Waals surface area contributed by atoms with E-state index in [1.807, 2.05) is 0 Å². The molecule has 0 spiro atoms. The van der Waals surface area contributed by atoms with E-state index in [4.69, 9.17) is 37.0 Å². The molecule has 0 saturated carbocycles. The Hall–Kier alpha value is -1.94. The Labute approximate surface area is 498 Å². The molecule has 82 heavy (non-hydrogen) atoms. The Kier molecular flexibility index (Phi) is 52.0. The molecule has 0 aliphatic heterocycles. The number of rotatable bonds is 60. The van der Waals surface area contributed by atoms with Crippen LogP contribution in [0, 0.1) is 23.7 Å². The minimum atomic E-state index is -4.94. The van der Waals surface area contributed by atoms with Crippen LogP contribution in [0.2, 0.25) is 0 Å². The maximum absolute atomic E-state index is 13.0. The average Bonchev–Trinajstić information content (AvgIpc) is 3.44. The van der Waals surface area contributed by atoms with Crippen molar-refractivity contribution >= 4 is 39.5 Å². The third-order valence-corrected chi connectivity index (χ3v) is 17.3. The Morgan fingerprint density at radius 1 is 0.341 bits per heavy atom. The van der Waals surface area contributed by atoms with Gasteiger partial charge in [-0.1, -0.05) is 248 Å². The second-order valence-electron chi connectivity index (χ2n) is 24.0. The van der Waals surface area contributed by atoms with Crippen LogP contribution >= 0.6 is 15.6 Å². The molecule has 0 rings (SSSR count). The number of aliphatic hydroxyl groups is 1. The molecule has 5 unspecified atom stereocenters. The quantitative estimate of drug-likeness (QED) is 0.0222.